The number of hydrogen-bond acceptors (Lipinski definition) is 4. The molecule has 0 saturated heterocycles. The van der Waals surface area contributed by atoms with Crippen LogP contribution in [0.1, 0.15) is 36.4 Å². The number of carbonyl (C=O) groups is 2. The topological polar surface area (TPSA) is 59.5 Å². The van der Waals surface area contributed by atoms with Crippen molar-refractivity contribution in [3.8, 4) is 0 Å². The number of benzene rings is 1. The number of ketones is 1. The molecule has 0 N–H and O–H groups in total. The van der Waals surface area contributed by atoms with E-state index in [4.69, 9.17) is 16.3 Å². The van der Waals surface area contributed by atoms with Crippen LogP contribution in [0.3, 0.4) is 0 Å². The minimum absolute atomic E-state index is 0.0711. The highest BCUT2D eigenvalue weighted by molar-refractivity contribution is 6.30. The van der Waals surface area contributed by atoms with Crippen LogP contribution >= 0.6 is 11.6 Å². The molecule has 5 rings (SSSR count). The molecule has 5 nitrogen and oxygen atoms in total. The van der Waals surface area contributed by atoms with Gasteiger partial charge in [-0.3, -0.25) is 14.5 Å². The Labute approximate surface area is 178 Å². The molecule has 1 fully saturated rings. The van der Waals surface area contributed by atoms with E-state index in [0.717, 1.165) is 11.1 Å². The van der Waals surface area contributed by atoms with E-state index in [0.29, 0.717) is 29.3 Å². The summed E-state index contributed by atoms with van der Waals surface area (Å²) in [6.07, 6.45) is 1.05. The summed E-state index contributed by atoms with van der Waals surface area (Å²) in [6.45, 7) is 1.91. The van der Waals surface area contributed by atoms with Crippen molar-refractivity contribution in [1.29, 1.82) is 0 Å². The molecule has 2 aliphatic heterocycles. The molecule has 4 atom stereocenters. The normalized spacial score (nSPS) is 28.3. The van der Waals surface area contributed by atoms with Gasteiger partial charge in [-0.15, -0.1) is 0 Å². The number of fused-ring (bicyclic) bond motifs is 1. The van der Waals surface area contributed by atoms with Crippen LogP contribution in [0.15, 0.2) is 53.9 Å². The molecule has 30 heavy (non-hydrogen) atoms. The summed E-state index contributed by atoms with van der Waals surface area (Å²) in [7, 11) is 0. The number of halogens is 2. The van der Waals surface area contributed by atoms with Crippen molar-refractivity contribution < 1.29 is 18.7 Å². The highest BCUT2D eigenvalue weighted by atomic mass is 35.5. The summed E-state index contributed by atoms with van der Waals surface area (Å²) >= 11 is 6.06. The summed E-state index contributed by atoms with van der Waals surface area (Å²) < 4.78 is 20.1. The number of alkyl halides is 1. The second kappa shape index (κ2) is 7.20. The smallest absolute Gasteiger partial charge is 0.295 e. The van der Waals surface area contributed by atoms with Crippen LogP contribution in [0.2, 0.25) is 5.02 Å². The number of amides is 1. The minimum atomic E-state index is -1.03. The molecule has 0 spiro atoms. The van der Waals surface area contributed by atoms with Crippen LogP contribution < -0.4 is 4.90 Å². The maximum Gasteiger partial charge on any atom is 0.295 e. The number of hydrogen-bond donors (Lipinski definition) is 0. The van der Waals surface area contributed by atoms with Gasteiger partial charge in [-0.1, -0.05) is 23.7 Å². The van der Waals surface area contributed by atoms with E-state index in [9.17, 15) is 14.0 Å². The maximum absolute atomic E-state index is 14.1. The van der Waals surface area contributed by atoms with Gasteiger partial charge in [0.15, 0.2) is 11.5 Å². The number of aryl methyl sites for hydroxylation is 1. The molecule has 3 aliphatic rings. The Morgan fingerprint density at radius 1 is 1.17 bits per heavy atom. The Morgan fingerprint density at radius 3 is 2.67 bits per heavy atom. The van der Waals surface area contributed by atoms with Crippen molar-refractivity contribution in [2.45, 2.75) is 44.5 Å². The van der Waals surface area contributed by atoms with Gasteiger partial charge in [0.2, 0.25) is 0 Å². The number of pyridine rings is 1. The first-order valence-electron chi connectivity index (χ1n) is 10.0. The summed E-state index contributed by atoms with van der Waals surface area (Å²) in [6, 6.07) is 9.97. The lowest BCUT2D eigenvalue weighted by molar-refractivity contribution is -0.133. The lowest BCUT2D eigenvalue weighted by Gasteiger charge is -2.36. The third-order valence-corrected chi connectivity index (χ3v) is 6.37. The number of carbonyl (C=O) groups excluding carboxylic acids is 2. The minimum Gasteiger partial charge on any atom is -0.483 e. The Balaban J connectivity index is 1.65. The molecule has 0 radical (unpaired) electrons. The fourth-order valence-corrected chi connectivity index (χ4v) is 4.79. The van der Waals surface area contributed by atoms with Crippen molar-refractivity contribution in [3.05, 3.63) is 70.1 Å². The molecule has 2 aromatic rings. The third-order valence-electron chi connectivity index (χ3n) is 6.12. The maximum atomic E-state index is 14.1. The Kier molecular flexibility index (Phi) is 4.62. The van der Waals surface area contributed by atoms with Crippen LogP contribution in [-0.2, 0) is 14.3 Å². The molecule has 1 aromatic carbocycles. The fraction of sp³-hybridized carbons (Fsp3) is 0.348. The first kappa shape index (κ1) is 19.2. The van der Waals surface area contributed by atoms with E-state index in [1.807, 2.05) is 13.0 Å². The van der Waals surface area contributed by atoms with Crippen LogP contribution in [0.5, 0.6) is 0 Å². The fourth-order valence-electron chi connectivity index (χ4n) is 4.66. The monoisotopic (exact) mass is 426 g/mol. The van der Waals surface area contributed by atoms with E-state index in [1.54, 1.807) is 36.5 Å². The Hall–Kier alpha value is -2.73. The average Bonchev–Trinajstić information content (AvgIpc) is 3.02. The SMILES string of the molecule is Cc1ccnc(N2C(=O)C3=C(C(=O)C4CC(F)CCC4O3)C2c2ccc(Cl)cc2)c1. The van der Waals surface area contributed by atoms with Gasteiger partial charge in [0.25, 0.3) is 5.91 Å². The zero-order chi connectivity index (χ0) is 21.0. The molecule has 1 aliphatic carbocycles. The third kappa shape index (κ3) is 3.01. The predicted molar refractivity (Wildman–Crippen MR) is 110 cm³/mol. The highest BCUT2D eigenvalue weighted by Gasteiger charge is 2.53. The molecule has 0 bridgehead atoms. The van der Waals surface area contributed by atoms with E-state index < -0.39 is 30.1 Å². The molecule has 7 heteroatoms. The van der Waals surface area contributed by atoms with Gasteiger partial charge in [0.05, 0.1) is 17.5 Å². The molecule has 4 unspecified atom stereocenters. The summed E-state index contributed by atoms with van der Waals surface area (Å²) in [4.78, 5) is 32.8. The standard InChI is InChI=1S/C23H20ClFN2O3/c1-12-8-9-26-18(10-12)27-20(13-2-4-14(24)5-3-13)19-21(28)16-11-15(25)6-7-17(16)30-22(19)23(27)29/h2-5,8-10,15-17,20H,6-7,11H2,1H3. The van der Waals surface area contributed by atoms with E-state index in [-0.39, 0.29) is 18.0 Å². The van der Waals surface area contributed by atoms with Gasteiger partial charge in [-0.05, 0) is 61.6 Å². The quantitative estimate of drug-likeness (QED) is 0.709. The van der Waals surface area contributed by atoms with Gasteiger partial charge in [0.1, 0.15) is 18.1 Å². The lowest BCUT2D eigenvalue weighted by atomic mass is 9.77. The predicted octanol–water partition coefficient (Wildman–Crippen LogP) is 4.49. The molecule has 3 heterocycles. The molecular weight excluding hydrogens is 407 g/mol. The van der Waals surface area contributed by atoms with Crippen LogP contribution in [0.25, 0.3) is 0 Å². The summed E-state index contributed by atoms with van der Waals surface area (Å²) in [5.41, 5.74) is 1.96. The number of nitrogens with zero attached hydrogens (tertiary/aromatic N) is 2. The van der Waals surface area contributed by atoms with Gasteiger partial charge in [0, 0.05) is 11.2 Å². The molecule has 1 amide bonds. The zero-order valence-corrected chi connectivity index (χ0v) is 17.1. The van der Waals surface area contributed by atoms with Crippen molar-refractivity contribution in [3.63, 3.8) is 0 Å². The van der Waals surface area contributed by atoms with Gasteiger partial charge in [-0.25, -0.2) is 9.37 Å². The summed E-state index contributed by atoms with van der Waals surface area (Å²) in [5.74, 6) is -0.649. The van der Waals surface area contributed by atoms with Crippen molar-refractivity contribution in [2.75, 3.05) is 4.90 Å². The van der Waals surface area contributed by atoms with Crippen molar-refractivity contribution >= 4 is 29.1 Å². The second-order valence-electron chi connectivity index (χ2n) is 8.10. The number of Topliss-reactive ketones (excluding diaryl/α,β-unsaturated/α-hetero) is 1. The van der Waals surface area contributed by atoms with Gasteiger partial charge in [-0.2, -0.15) is 0 Å². The average molecular weight is 427 g/mol. The van der Waals surface area contributed by atoms with E-state index >= 15 is 0 Å². The van der Waals surface area contributed by atoms with Crippen LogP contribution in [0, 0.1) is 12.8 Å². The van der Waals surface area contributed by atoms with Gasteiger partial charge < -0.3 is 4.74 Å². The molecule has 1 aromatic heterocycles. The van der Waals surface area contributed by atoms with Crippen LogP contribution in [-0.4, -0.2) is 29.0 Å². The Bertz CT molecular complexity index is 1070. The van der Waals surface area contributed by atoms with Crippen molar-refractivity contribution in [2.24, 2.45) is 5.92 Å². The molecular formula is C23H20ClFN2O3. The van der Waals surface area contributed by atoms with Gasteiger partial charge >= 0.3 is 0 Å². The number of ether oxygens (including phenoxy) is 1. The Morgan fingerprint density at radius 2 is 1.93 bits per heavy atom. The first-order chi connectivity index (χ1) is 14.4. The number of rotatable bonds is 2. The second-order valence-corrected chi connectivity index (χ2v) is 8.54. The van der Waals surface area contributed by atoms with E-state index in [1.165, 1.54) is 4.90 Å². The number of anilines is 1. The van der Waals surface area contributed by atoms with Crippen LogP contribution in [0.4, 0.5) is 10.2 Å². The largest absolute Gasteiger partial charge is 0.483 e. The first-order valence-corrected chi connectivity index (χ1v) is 10.4. The van der Waals surface area contributed by atoms with E-state index in [2.05, 4.69) is 4.98 Å². The highest BCUT2D eigenvalue weighted by Crippen LogP contribution is 2.48. The lowest BCUT2D eigenvalue weighted by Crippen LogP contribution is -2.42. The molecule has 1 saturated carbocycles. The molecule has 154 valence electrons. The van der Waals surface area contributed by atoms with Crippen molar-refractivity contribution in [1.82, 2.24) is 4.98 Å². The zero-order valence-electron chi connectivity index (χ0n) is 16.3. The number of aromatic nitrogens is 1. The summed E-state index contributed by atoms with van der Waals surface area (Å²) in [5, 5.41) is 0.552.